The van der Waals surface area contributed by atoms with E-state index in [9.17, 15) is 14.6 Å². The van der Waals surface area contributed by atoms with Crippen LogP contribution in [0.2, 0.25) is 5.02 Å². The maximum absolute atomic E-state index is 12.9. The number of halogens is 1. The molecule has 3 unspecified atom stereocenters. The summed E-state index contributed by atoms with van der Waals surface area (Å²) in [6.07, 6.45) is 10.6. The number of anilines is 2. The fraction of sp³-hybridized carbons (Fsp3) is 0.583. The first-order chi connectivity index (χ1) is 16.5. The third-order valence-electron chi connectivity index (χ3n) is 8.09. The number of nitrogens with zero attached hydrogens (tertiary/aromatic N) is 5. The summed E-state index contributed by atoms with van der Waals surface area (Å²) in [5.74, 6) is 2.90. The number of aliphatic hydroxyl groups excluding tert-OH is 1. The van der Waals surface area contributed by atoms with Crippen LogP contribution in [0, 0.1) is 11.3 Å². The fourth-order valence-corrected chi connectivity index (χ4v) is 7.70. The molecule has 4 aliphatic rings. The molecule has 6 rings (SSSR count). The largest absolute Gasteiger partial charge is 0.394 e. The topological polar surface area (TPSA) is 115 Å². The number of nitrogens with one attached hydrogen (secondary N) is 1. The minimum atomic E-state index is -1.19. The Morgan fingerprint density at radius 3 is 2.56 bits per heavy atom. The number of hydrogen-bond donors (Lipinski definition) is 2. The zero-order chi connectivity index (χ0) is 23.4. The number of aromatic nitrogens is 3. The van der Waals surface area contributed by atoms with E-state index in [2.05, 4.69) is 26.3 Å². The second-order valence-corrected chi connectivity index (χ2v) is 12.0. The first-order valence-electron chi connectivity index (χ1n) is 12.0. The first-order valence-corrected chi connectivity index (χ1v) is 13.7. The molecule has 5 heterocycles. The van der Waals surface area contributed by atoms with Crippen LogP contribution < -0.4 is 10.2 Å². The van der Waals surface area contributed by atoms with Gasteiger partial charge in [-0.15, -0.1) is 0 Å². The van der Waals surface area contributed by atoms with Crippen LogP contribution >= 0.6 is 11.6 Å². The summed E-state index contributed by atoms with van der Waals surface area (Å²) in [4.78, 5) is 16.9. The van der Waals surface area contributed by atoms with E-state index in [1.54, 1.807) is 12.4 Å². The van der Waals surface area contributed by atoms with E-state index in [0.29, 0.717) is 39.3 Å². The van der Waals surface area contributed by atoms with Gasteiger partial charge >= 0.3 is 0 Å². The number of pyridine rings is 1. The molecule has 2 aromatic rings. The molecule has 178 valence electrons. The molecule has 8 nitrogen and oxygen atoms in total. The van der Waals surface area contributed by atoms with Crippen LogP contribution in [0.5, 0.6) is 0 Å². The van der Waals surface area contributed by atoms with E-state index < -0.39 is 16.3 Å². The maximum Gasteiger partial charge on any atom is 0.149 e. The van der Waals surface area contributed by atoms with E-state index in [1.165, 1.54) is 0 Å². The Labute approximate surface area is 206 Å². The molecule has 1 aliphatic carbocycles. The SMILES string of the molecule is N#Cc1c(N2C3CCC2CC(c2ncc(Cl)cn2)C3)nc(NC2(CO)CCC2)c2c1CCS2=O. The molecule has 3 aliphatic heterocycles. The van der Waals surface area contributed by atoms with Crippen molar-refractivity contribution in [1.82, 2.24) is 15.0 Å². The monoisotopic (exact) mass is 498 g/mol. The molecule has 2 aromatic heterocycles. The predicted octanol–water partition coefficient (Wildman–Crippen LogP) is 3.30. The molecule has 2 saturated heterocycles. The standard InChI is InChI=1S/C24H27ClN6O2S/c25-15-11-27-21(28-12-15)14-8-16-2-3-17(9-14)31(16)23-19(10-26)18-4-7-34(33)20(18)22(29-23)30-24(13-32)5-1-6-24/h11-12,14,16-17,32H,1-9,13H2,(H,29,30). The summed E-state index contributed by atoms with van der Waals surface area (Å²) in [6, 6.07) is 2.90. The van der Waals surface area contributed by atoms with Crippen LogP contribution in [0.25, 0.3) is 0 Å². The van der Waals surface area contributed by atoms with E-state index in [4.69, 9.17) is 16.6 Å². The van der Waals surface area contributed by atoms with Crippen molar-refractivity contribution >= 4 is 34.0 Å². The van der Waals surface area contributed by atoms with Crippen LogP contribution in [0.15, 0.2) is 17.3 Å². The zero-order valence-corrected chi connectivity index (χ0v) is 20.4. The van der Waals surface area contributed by atoms with Crippen molar-refractivity contribution < 1.29 is 9.32 Å². The van der Waals surface area contributed by atoms with Crippen molar-refractivity contribution in [2.24, 2.45) is 0 Å². The van der Waals surface area contributed by atoms with Crippen molar-refractivity contribution in [3.05, 3.63) is 34.4 Å². The molecule has 10 heteroatoms. The Balaban J connectivity index is 1.38. The van der Waals surface area contributed by atoms with Gasteiger partial charge in [0.05, 0.1) is 38.4 Å². The van der Waals surface area contributed by atoms with Crippen molar-refractivity contribution in [3.8, 4) is 6.07 Å². The molecule has 0 amide bonds. The molecule has 0 spiro atoms. The number of nitriles is 1. The Kier molecular flexibility index (Phi) is 5.51. The Morgan fingerprint density at radius 2 is 1.97 bits per heavy atom. The Hall–Kier alpha value is -2.28. The molecule has 1 saturated carbocycles. The molecule has 0 radical (unpaired) electrons. The van der Waals surface area contributed by atoms with Crippen LogP contribution in [0.4, 0.5) is 11.6 Å². The van der Waals surface area contributed by atoms with Gasteiger partial charge in [-0.2, -0.15) is 5.26 Å². The van der Waals surface area contributed by atoms with Gasteiger partial charge in [0.15, 0.2) is 0 Å². The van der Waals surface area contributed by atoms with Crippen molar-refractivity contribution in [1.29, 1.82) is 5.26 Å². The average Bonchev–Trinajstić information content (AvgIpc) is 3.32. The van der Waals surface area contributed by atoms with Gasteiger partial charge in [0.1, 0.15) is 23.5 Å². The van der Waals surface area contributed by atoms with Crippen LogP contribution in [0.3, 0.4) is 0 Å². The molecule has 3 atom stereocenters. The normalized spacial score (nSPS) is 28.8. The highest BCUT2D eigenvalue weighted by Gasteiger charge is 2.45. The molecule has 0 aromatic carbocycles. The lowest BCUT2D eigenvalue weighted by molar-refractivity contribution is 0.143. The number of hydrogen-bond acceptors (Lipinski definition) is 8. The van der Waals surface area contributed by atoms with Gasteiger partial charge in [0.25, 0.3) is 0 Å². The maximum atomic E-state index is 12.9. The summed E-state index contributed by atoms with van der Waals surface area (Å²) >= 11 is 5.98. The van der Waals surface area contributed by atoms with Gasteiger partial charge in [-0.25, -0.2) is 15.0 Å². The van der Waals surface area contributed by atoms with E-state index in [1.807, 2.05) is 0 Å². The highest BCUT2D eigenvalue weighted by molar-refractivity contribution is 7.85. The lowest BCUT2D eigenvalue weighted by atomic mass is 9.77. The van der Waals surface area contributed by atoms with E-state index >= 15 is 0 Å². The van der Waals surface area contributed by atoms with Crippen molar-refractivity contribution in [2.45, 2.75) is 79.8 Å². The van der Waals surface area contributed by atoms with Gasteiger partial charge in [-0.05, 0) is 56.9 Å². The minimum absolute atomic E-state index is 0.0170. The fourth-order valence-electron chi connectivity index (χ4n) is 6.22. The second kappa shape index (κ2) is 8.43. The van der Waals surface area contributed by atoms with Crippen molar-refractivity contribution in [3.63, 3.8) is 0 Å². The Bertz CT molecular complexity index is 1180. The van der Waals surface area contributed by atoms with E-state index in [0.717, 1.165) is 56.3 Å². The molecule has 3 fully saturated rings. The molecule has 2 N–H and O–H groups in total. The first kappa shape index (κ1) is 22.2. The number of fused-ring (bicyclic) bond motifs is 3. The number of aliphatic hydroxyl groups is 1. The second-order valence-electron chi connectivity index (χ2n) is 10.0. The summed E-state index contributed by atoms with van der Waals surface area (Å²) in [5.41, 5.74) is 1.02. The number of rotatable bonds is 5. The Morgan fingerprint density at radius 1 is 1.26 bits per heavy atom. The summed E-state index contributed by atoms with van der Waals surface area (Å²) in [7, 11) is -1.19. The predicted molar refractivity (Wildman–Crippen MR) is 130 cm³/mol. The van der Waals surface area contributed by atoms with Gasteiger partial charge in [0.2, 0.25) is 0 Å². The lowest BCUT2D eigenvalue weighted by Gasteiger charge is -2.43. The lowest BCUT2D eigenvalue weighted by Crippen LogP contribution is -2.49. The van der Waals surface area contributed by atoms with Crippen LogP contribution in [-0.4, -0.2) is 54.2 Å². The number of piperidine rings is 1. The highest BCUT2D eigenvalue weighted by Crippen LogP contribution is 2.47. The minimum Gasteiger partial charge on any atom is -0.394 e. The third-order valence-corrected chi connectivity index (χ3v) is 9.75. The molecule has 2 bridgehead atoms. The van der Waals surface area contributed by atoms with Crippen molar-refractivity contribution in [2.75, 3.05) is 22.6 Å². The summed E-state index contributed by atoms with van der Waals surface area (Å²) in [5, 5.41) is 24.2. The van der Waals surface area contributed by atoms with Gasteiger partial charge in [-0.3, -0.25) is 4.21 Å². The van der Waals surface area contributed by atoms with E-state index in [-0.39, 0.29) is 24.6 Å². The average molecular weight is 499 g/mol. The third kappa shape index (κ3) is 3.50. The zero-order valence-electron chi connectivity index (χ0n) is 18.8. The highest BCUT2D eigenvalue weighted by atomic mass is 35.5. The van der Waals surface area contributed by atoms with Crippen LogP contribution in [0.1, 0.15) is 67.8 Å². The summed E-state index contributed by atoms with van der Waals surface area (Å²) < 4.78 is 12.9. The van der Waals surface area contributed by atoms with Gasteiger partial charge in [0, 0.05) is 36.1 Å². The van der Waals surface area contributed by atoms with Gasteiger partial charge in [-0.1, -0.05) is 11.6 Å². The summed E-state index contributed by atoms with van der Waals surface area (Å²) in [6.45, 7) is 0.0170. The molecule has 34 heavy (non-hydrogen) atoms. The molecular weight excluding hydrogens is 472 g/mol. The van der Waals surface area contributed by atoms with Gasteiger partial charge < -0.3 is 15.3 Å². The smallest absolute Gasteiger partial charge is 0.149 e. The molecular formula is C24H27ClN6O2S. The van der Waals surface area contributed by atoms with Crippen LogP contribution in [-0.2, 0) is 17.2 Å². The quantitative estimate of drug-likeness (QED) is 0.645.